The Labute approximate surface area is 91.3 Å². The number of para-hydroxylation sites is 1. The number of hydrogen-bond donors (Lipinski definition) is 2. The van der Waals surface area contributed by atoms with E-state index in [-0.39, 0.29) is 12.5 Å². The highest BCUT2D eigenvalue weighted by Crippen LogP contribution is 2.14. The van der Waals surface area contributed by atoms with E-state index >= 15 is 0 Å². The van der Waals surface area contributed by atoms with Gasteiger partial charge in [0.25, 0.3) is 5.91 Å². The Kier molecular flexibility index (Phi) is 2.59. The van der Waals surface area contributed by atoms with E-state index in [1.165, 1.54) is 4.57 Å². The van der Waals surface area contributed by atoms with E-state index in [1.807, 2.05) is 35.6 Å². The summed E-state index contributed by atoms with van der Waals surface area (Å²) in [5.74, 6) is -0.302. The number of carbonyl (C=O) groups excluding carboxylic acids is 1. The Morgan fingerprint density at radius 1 is 1.25 bits per heavy atom. The number of benzene rings is 1. The van der Waals surface area contributed by atoms with Crippen molar-refractivity contribution in [2.24, 2.45) is 0 Å². The Hall–Kier alpha value is -2.30. The fourth-order valence-electron chi connectivity index (χ4n) is 1.54. The topological polar surface area (TPSA) is 71.3 Å². The summed E-state index contributed by atoms with van der Waals surface area (Å²) >= 11 is 0. The van der Waals surface area contributed by atoms with Crippen LogP contribution in [-0.4, -0.2) is 28.2 Å². The molecular weight excluding hydrogens is 208 g/mol. The van der Waals surface area contributed by atoms with Gasteiger partial charge in [0.1, 0.15) is 6.54 Å². The summed E-state index contributed by atoms with van der Waals surface area (Å²) in [6, 6.07) is 9.23. The molecule has 0 fully saturated rings. The van der Waals surface area contributed by atoms with Crippen LogP contribution in [0.3, 0.4) is 0 Å². The van der Waals surface area contributed by atoms with Crippen molar-refractivity contribution in [2.75, 3.05) is 6.54 Å². The van der Waals surface area contributed by atoms with Crippen LogP contribution in [-0.2, 0) is 0 Å². The Bertz CT molecular complexity index is 545. The predicted molar refractivity (Wildman–Crippen MR) is 58.6 cm³/mol. The van der Waals surface area contributed by atoms with Crippen LogP contribution in [0.1, 0.15) is 4.79 Å². The van der Waals surface area contributed by atoms with E-state index in [9.17, 15) is 9.59 Å². The molecule has 5 heteroatoms. The fourth-order valence-corrected chi connectivity index (χ4v) is 1.54. The van der Waals surface area contributed by atoms with Gasteiger partial charge in [-0.1, -0.05) is 18.2 Å². The second-order valence-corrected chi connectivity index (χ2v) is 3.30. The summed E-state index contributed by atoms with van der Waals surface area (Å²) in [5, 5.41) is 11.4. The standard InChI is InChI=1S/C11H10N2O3/c14-10(7-12-11(15)16)13-6-5-8-3-1-2-4-9(8)13/h1-6,12H,7H2,(H,15,16). The summed E-state index contributed by atoms with van der Waals surface area (Å²) < 4.78 is 1.44. The summed E-state index contributed by atoms with van der Waals surface area (Å²) in [5.41, 5.74) is 0.777. The fraction of sp³-hybridized carbons (Fsp3) is 0.0909. The number of nitrogens with zero attached hydrogens (tertiary/aromatic N) is 1. The van der Waals surface area contributed by atoms with Crippen LogP contribution in [0.15, 0.2) is 36.5 Å². The van der Waals surface area contributed by atoms with Crippen molar-refractivity contribution in [2.45, 2.75) is 0 Å². The zero-order valence-corrected chi connectivity index (χ0v) is 8.38. The number of aromatic nitrogens is 1. The third-order valence-corrected chi connectivity index (χ3v) is 2.26. The highest BCUT2D eigenvalue weighted by atomic mass is 16.4. The smallest absolute Gasteiger partial charge is 0.405 e. The number of fused-ring (bicyclic) bond motifs is 1. The van der Waals surface area contributed by atoms with Crippen LogP contribution in [0.4, 0.5) is 4.79 Å². The lowest BCUT2D eigenvalue weighted by Gasteiger charge is -2.03. The molecule has 16 heavy (non-hydrogen) atoms. The van der Waals surface area contributed by atoms with Gasteiger partial charge < -0.3 is 10.4 Å². The maximum absolute atomic E-state index is 11.7. The Morgan fingerprint density at radius 3 is 2.75 bits per heavy atom. The normalized spacial score (nSPS) is 10.2. The molecule has 2 rings (SSSR count). The van der Waals surface area contributed by atoms with Gasteiger partial charge in [0.2, 0.25) is 0 Å². The monoisotopic (exact) mass is 218 g/mol. The molecular formula is C11H10N2O3. The largest absolute Gasteiger partial charge is 0.465 e. The highest BCUT2D eigenvalue weighted by molar-refractivity contribution is 5.94. The number of nitrogens with one attached hydrogen (secondary N) is 1. The second kappa shape index (κ2) is 4.06. The molecule has 0 aliphatic carbocycles. The first-order chi connectivity index (χ1) is 7.68. The van der Waals surface area contributed by atoms with E-state index < -0.39 is 6.09 Å². The molecule has 0 saturated carbocycles. The zero-order chi connectivity index (χ0) is 11.5. The molecule has 2 aromatic rings. The molecule has 0 bridgehead atoms. The minimum absolute atomic E-state index is 0.228. The quantitative estimate of drug-likeness (QED) is 0.803. The lowest BCUT2D eigenvalue weighted by Crippen LogP contribution is -2.30. The van der Waals surface area contributed by atoms with E-state index in [1.54, 1.807) is 6.20 Å². The number of carbonyl (C=O) groups is 2. The van der Waals surface area contributed by atoms with Crippen molar-refractivity contribution >= 4 is 22.9 Å². The van der Waals surface area contributed by atoms with Crippen LogP contribution in [0.25, 0.3) is 10.9 Å². The van der Waals surface area contributed by atoms with Crippen molar-refractivity contribution in [1.82, 2.24) is 9.88 Å². The van der Waals surface area contributed by atoms with Crippen LogP contribution in [0, 0.1) is 0 Å². The number of rotatable bonds is 2. The van der Waals surface area contributed by atoms with Crippen LogP contribution < -0.4 is 5.32 Å². The number of amides is 1. The molecule has 0 aliphatic rings. The lowest BCUT2D eigenvalue weighted by atomic mass is 10.2. The third kappa shape index (κ3) is 1.88. The van der Waals surface area contributed by atoms with Crippen molar-refractivity contribution in [3.05, 3.63) is 36.5 Å². The summed E-state index contributed by atoms with van der Waals surface area (Å²) in [7, 11) is 0. The predicted octanol–water partition coefficient (Wildman–Crippen LogP) is 1.55. The molecule has 0 aliphatic heterocycles. The van der Waals surface area contributed by atoms with E-state index in [0.717, 1.165) is 10.9 Å². The van der Waals surface area contributed by atoms with E-state index in [2.05, 4.69) is 0 Å². The van der Waals surface area contributed by atoms with Crippen molar-refractivity contribution in [3.8, 4) is 0 Å². The molecule has 5 nitrogen and oxygen atoms in total. The summed E-state index contributed by atoms with van der Waals surface area (Å²) in [6.07, 6.45) is 0.432. The average molecular weight is 218 g/mol. The van der Waals surface area contributed by atoms with Gasteiger partial charge in [-0.25, -0.2) is 4.79 Å². The molecule has 1 aromatic carbocycles. The first-order valence-corrected chi connectivity index (χ1v) is 4.74. The highest BCUT2D eigenvalue weighted by Gasteiger charge is 2.08. The maximum atomic E-state index is 11.7. The van der Waals surface area contributed by atoms with Gasteiger partial charge >= 0.3 is 6.09 Å². The molecule has 1 aromatic heterocycles. The molecule has 2 N–H and O–H groups in total. The molecule has 0 saturated heterocycles. The van der Waals surface area contributed by atoms with Gasteiger partial charge in [-0.15, -0.1) is 0 Å². The minimum Gasteiger partial charge on any atom is -0.465 e. The van der Waals surface area contributed by atoms with Gasteiger partial charge in [0, 0.05) is 11.6 Å². The van der Waals surface area contributed by atoms with Crippen molar-refractivity contribution in [1.29, 1.82) is 0 Å². The third-order valence-electron chi connectivity index (χ3n) is 2.26. The number of carboxylic acid groups (broad SMARTS) is 1. The van der Waals surface area contributed by atoms with Gasteiger partial charge in [-0.2, -0.15) is 0 Å². The molecule has 1 heterocycles. The summed E-state index contributed by atoms with van der Waals surface area (Å²) in [4.78, 5) is 21.9. The van der Waals surface area contributed by atoms with E-state index in [4.69, 9.17) is 5.11 Å². The molecule has 82 valence electrons. The first-order valence-electron chi connectivity index (χ1n) is 4.74. The van der Waals surface area contributed by atoms with Crippen LogP contribution >= 0.6 is 0 Å². The molecule has 0 radical (unpaired) electrons. The SMILES string of the molecule is O=C(O)NCC(=O)n1ccc2ccccc21. The molecule has 0 atom stereocenters. The minimum atomic E-state index is -1.20. The maximum Gasteiger partial charge on any atom is 0.405 e. The second-order valence-electron chi connectivity index (χ2n) is 3.30. The zero-order valence-electron chi connectivity index (χ0n) is 8.38. The van der Waals surface area contributed by atoms with Gasteiger partial charge in [-0.3, -0.25) is 9.36 Å². The summed E-state index contributed by atoms with van der Waals surface area (Å²) in [6.45, 7) is -0.228. The number of hydrogen-bond acceptors (Lipinski definition) is 2. The average Bonchev–Trinajstić information content (AvgIpc) is 2.69. The lowest BCUT2D eigenvalue weighted by molar-refractivity contribution is 0.0914. The Morgan fingerprint density at radius 2 is 2.00 bits per heavy atom. The Balaban J connectivity index is 2.26. The molecule has 1 amide bonds. The van der Waals surface area contributed by atoms with Crippen LogP contribution in [0.5, 0.6) is 0 Å². The molecule has 0 unspecified atom stereocenters. The van der Waals surface area contributed by atoms with Crippen LogP contribution in [0.2, 0.25) is 0 Å². The first kappa shape index (κ1) is 10.2. The molecule has 0 spiro atoms. The van der Waals surface area contributed by atoms with Crippen molar-refractivity contribution in [3.63, 3.8) is 0 Å². The van der Waals surface area contributed by atoms with Gasteiger partial charge in [-0.05, 0) is 12.1 Å². The van der Waals surface area contributed by atoms with Gasteiger partial charge in [0.05, 0.1) is 5.52 Å². The van der Waals surface area contributed by atoms with Gasteiger partial charge in [0.15, 0.2) is 0 Å². The van der Waals surface area contributed by atoms with Crippen molar-refractivity contribution < 1.29 is 14.7 Å². The van der Waals surface area contributed by atoms with E-state index in [0.29, 0.717) is 0 Å².